The van der Waals surface area contributed by atoms with Gasteiger partial charge >= 0.3 is 11.8 Å². The molecule has 3 aromatic rings. The fourth-order valence-corrected chi connectivity index (χ4v) is 4.00. The first kappa shape index (κ1) is 24.8. The van der Waals surface area contributed by atoms with Crippen LogP contribution < -0.4 is 14.8 Å². The highest BCUT2D eigenvalue weighted by molar-refractivity contribution is 5.94. The van der Waals surface area contributed by atoms with E-state index < -0.39 is 5.91 Å². The van der Waals surface area contributed by atoms with E-state index in [1.54, 1.807) is 49.5 Å². The zero-order valence-corrected chi connectivity index (χ0v) is 20.9. The maximum absolute atomic E-state index is 12.5. The molecule has 1 saturated carbocycles. The van der Waals surface area contributed by atoms with Crippen LogP contribution in [0, 0.1) is 5.92 Å². The van der Waals surface area contributed by atoms with Crippen molar-refractivity contribution in [2.24, 2.45) is 5.92 Å². The Morgan fingerprint density at radius 1 is 1.08 bits per heavy atom. The van der Waals surface area contributed by atoms with Gasteiger partial charge in [0.1, 0.15) is 0 Å². The second-order valence-corrected chi connectivity index (χ2v) is 9.31. The third kappa shape index (κ3) is 5.91. The van der Waals surface area contributed by atoms with Gasteiger partial charge in [0, 0.05) is 37.9 Å². The van der Waals surface area contributed by atoms with Gasteiger partial charge in [-0.15, -0.1) is 0 Å². The minimum atomic E-state index is -0.449. The number of hydrogen-bond donors (Lipinski definition) is 1. The highest BCUT2D eigenvalue weighted by Crippen LogP contribution is 2.35. The van der Waals surface area contributed by atoms with E-state index in [1.807, 2.05) is 12.1 Å². The molecular formula is C27H30N4O6. The Bertz CT molecular complexity index is 1250. The number of nitrogens with one attached hydrogen (secondary N) is 1. The van der Waals surface area contributed by atoms with Crippen LogP contribution in [0.5, 0.6) is 11.5 Å². The fourth-order valence-electron chi connectivity index (χ4n) is 4.00. The monoisotopic (exact) mass is 506 g/mol. The summed E-state index contributed by atoms with van der Waals surface area (Å²) < 4.78 is 21.7. The standard InChI is InChI=1S/C27H30N4O6/c1-34-21-14-31(15-21)27(33)19-7-5-17(6-8-19)11-12-28-25(32)26-29-24(30-37-26)20-9-10-22(35-2)23(13-20)36-16-18-3-4-18/h5-10,13,18,21H,3-4,11-12,14-16H2,1-2H3,(H,28,32). The lowest BCUT2D eigenvalue weighted by Gasteiger charge is -2.38. The molecule has 0 atom stereocenters. The summed E-state index contributed by atoms with van der Waals surface area (Å²) in [5, 5.41) is 6.75. The molecular weight excluding hydrogens is 476 g/mol. The molecule has 2 amide bonds. The van der Waals surface area contributed by atoms with E-state index >= 15 is 0 Å². The number of amides is 2. The molecule has 0 spiro atoms. The lowest BCUT2D eigenvalue weighted by Crippen LogP contribution is -2.54. The Morgan fingerprint density at radius 3 is 2.57 bits per heavy atom. The van der Waals surface area contributed by atoms with Gasteiger partial charge in [-0.25, -0.2) is 0 Å². The SMILES string of the molecule is COc1ccc(-c2noc(C(=O)NCCc3ccc(C(=O)N4CC(OC)C4)cc3)n2)cc1OCC1CC1. The van der Waals surface area contributed by atoms with Crippen molar-refractivity contribution >= 4 is 11.8 Å². The Balaban J connectivity index is 1.12. The molecule has 37 heavy (non-hydrogen) atoms. The first-order valence-electron chi connectivity index (χ1n) is 12.4. The summed E-state index contributed by atoms with van der Waals surface area (Å²) >= 11 is 0. The Morgan fingerprint density at radius 2 is 1.86 bits per heavy atom. The van der Waals surface area contributed by atoms with Crippen molar-refractivity contribution in [3.63, 3.8) is 0 Å². The second kappa shape index (κ2) is 11.0. The van der Waals surface area contributed by atoms with Crippen LogP contribution in [0.15, 0.2) is 47.0 Å². The van der Waals surface area contributed by atoms with Crippen LogP contribution in [0.3, 0.4) is 0 Å². The number of carbonyl (C=O) groups excluding carboxylic acids is 2. The third-order valence-electron chi connectivity index (χ3n) is 6.58. The normalized spacial score (nSPS) is 15.2. The number of ether oxygens (including phenoxy) is 3. The summed E-state index contributed by atoms with van der Waals surface area (Å²) in [6, 6.07) is 12.8. The molecule has 2 aromatic carbocycles. The highest BCUT2D eigenvalue weighted by atomic mass is 16.5. The Hall–Kier alpha value is -3.92. The average Bonchev–Trinajstić information content (AvgIpc) is 3.60. The summed E-state index contributed by atoms with van der Waals surface area (Å²) in [7, 11) is 3.24. The summed E-state index contributed by atoms with van der Waals surface area (Å²) in [4.78, 5) is 31.0. The van der Waals surface area contributed by atoms with Gasteiger partial charge in [0.25, 0.3) is 5.91 Å². The molecule has 0 unspecified atom stereocenters. The molecule has 1 aromatic heterocycles. The molecule has 10 nitrogen and oxygen atoms in total. The molecule has 194 valence electrons. The van der Waals surface area contributed by atoms with Gasteiger partial charge in [0.05, 0.1) is 19.8 Å². The molecule has 0 bridgehead atoms. The maximum atomic E-state index is 12.5. The zero-order chi connectivity index (χ0) is 25.8. The molecule has 5 rings (SSSR count). The van der Waals surface area contributed by atoms with Crippen molar-refractivity contribution in [3.05, 3.63) is 59.5 Å². The quantitative estimate of drug-likeness (QED) is 0.422. The van der Waals surface area contributed by atoms with Crippen molar-refractivity contribution in [3.8, 4) is 22.9 Å². The van der Waals surface area contributed by atoms with Gasteiger partial charge in [0.15, 0.2) is 11.5 Å². The van der Waals surface area contributed by atoms with Gasteiger partial charge < -0.3 is 29.0 Å². The van der Waals surface area contributed by atoms with E-state index in [1.165, 1.54) is 12.8 Å². The van der Waals surface area contributed by atoms with Crippen molar-refractivity contribution in [2.45, 2.75) is 25.4 Å². The van der Waals surface area contributed by atoms with Gasteiger partial charge in [-0.05, 0) is 61.1 Å². The predicted octanol–water partition coefficient (Wildman–Crippen LogP) is 2.98. The minimum Gasteiger partial charge on any atom is -0.493 e. The van der Waals surface area contributed by atoms with Crippen LogP contribution in [0.4, 0.5) is 0 Å². The summed E-state index contributed by atoms with van der Waals surface area (Å²) in [5.74, 6) is 1.57. The van der Waals surface area contributed by atoms with E-state index in [2.05, 4.69) is 15.5 Å². The summed E-state index contributed by atoms with van der Waals surface area (Å²) in [6.07, 6.45) is 3.09. The van der Waals surface area contributed by atoms with E-state index in [9.17, 15) is 9.59 Å². The first-order chi connectivity index (χ1) is 18.0. The third-order valence-corrected chi connectivity index (χ3v) is 6.58. The number of methoxy groups -OCH3 is 2. The van der Waals surface area contributed by atoms with Crippen molar-refractivity contribution in [1.82, 2.24) is 20.4 Å². The number of nitrogens with zero attached hydrogens (tertiary/aromatic N) is 3. The number of benzene rings is 2. The lowest BCUT2D eigenvalue weighted by atomic mass is 10.1. The minimum absolute atomic E-state index is 0.00110. The first-order valence-corrected chi connectivity index (χ1v) is 12.4. The van der Waals surface area contributed by atoms with E-state index in [0.29, 0.717) is 67.0 Å². The van der Waals surface area contributed by atoms with Crippen LogP contribution >= 0.6 is 0 Å². The average molecular weight is 507 g/mol. The topological polar surface area (TPSA) is 116 Å². The largest absolute Gasteiger partial charge is 0.493 e. The number of carbonyl (C=O) groups is 2. The van der Waals surface area contributed by atoms with Crippen LogP contribution in [-0.2, 0) is 11.2 Å². The Kier molecular flexibility index (Phi) is 7.36. The van der Waals surface area contributed by atoms with Crippen molar-refractivity contribution in [2.75, 3.05) is 40.5 Å². The second-order valence-electron chi connectivity index (χ2n) is 9.31. The van der Waals surface area contributed by atoms with Gasteiger partial charge in [-0.3, -0.25) is 9.59 Å². The zero-order valence-electron chi connectivity index (χ0n) is 20.9. The van der Waals surface area contributed by atoms with Gasteiger partial charge in [-0.1, -0.05) is 17.3 Å². The molecule has 2 heterocycles. The van der Waals surface area contributed by atoms with Crippen LogP contribution in [0.2, 0.25) is 0 Å². The van der Waals surface area contributed by atoms with Crippen LogP contribution in [-0.4, -0.2) is 73.4 Å². The van der Waals surface area contributed by atoms with Gasteiger partial charge in [0.2, 0.25) is 5.82 Å². The fraction of sp³-hybridized carbons (Fsp3) is 0.407. The van der Waals surface area contributed by atoms with Crippen LogP contribution in [0.1, 0.15) is 39.4 Å². The Labute approximate surface area is 214 Å². The van der Waals surface area contributed by atoms with Crippen molar-refractivity contribution < 1.29 is 28.3 Å². The molecule has 2 fully saturated rings. The molecule has 10 heteroatoms. The number of hydrogen-bond acceptors (Lipinski definition) is 8. The lowest BCUT2D eigenvalue weighted by molar-refractivity contribution is -0.0191. The maximum Gasteiger partial charge on any atom is 0.316 e. The van der Waals surface area contributed by atoms with E-state index in [4.69, 9.17) is 18.7 Å². The van der Waals surface area contributed by atoms with Gasteiger partial charge in [-0.2, -0.15) is 4.98 Å². The number of aromatic nitrogens is 2. The molecule has 0 radical (unpaired) electrons. The molecule has 1 N–H and O–H groups in total. The summed E-state index contributed by atoms with van der Waals surface area (Å²) in [5.41, 5.74) is 2.30. The number of likely N-dealkylation sites (tertiary alicyclic amines) is 1. The smallest absolute Gasteiger partial charge is 0.316 e. The summed E-state index contributed by atoms with van der Waals surface area (Å²) in [6.45, 7) is 2.27. The molecule has 2 aliphatic rings. The van der Waals surface area contributed by atoms with E-state index in [0.717, 1.165) is 5.56 Å². The van der Waals surface area contributed by atoms with Crippen molar-refractivity contribution in [1.29, 1.82) is 0 Å². The molecule has 1 saturated heterocycles. The highest BCUT2D eigenvalue weighted by Gasteiger charge is 2.31. The molecule has 1 aliphatic heterocycles. The molecule has 1 aliphatic carbocycles. The predicted molar refractivity (Wildman–Crippen MR) is 134 cm³/mol. The van der Waals surface area contributed by atoms with Crippen LogP contribution in [0.25, 0.3) is 11.4 Å². The number of rotatable bonds is 11. The van der Waals surface area contributed by atoms with E-state index in [-0.39, 0.29) is 17.9 Å².